The van der Waals surface area contributed by atoms with Gasteiger partial charge >= 0.3 is 0 Å². The summed E-state index contributed by atoms with van der Waals surface area (Å²) in [5, 5.41) is 2.61. The maximum Gasteiger partial charge on any atom is 0.227 e. The number of carbonyl (C=O) groups excluding carboxylic acids is 2. The number of benzene rings is 1. The van der Waals surface area contributed by atoms with Crippen molar-refractivity contribution in [3.05, 3.63) is 24.3 Å². The molecule has 1 unspecified atom stereocenters. The lowest BCUT2D eigenvalue weighted by Crippen LogP contribution is -2.33. The summed E-state index contributed by atoms with van der Waals surface area (Å²) in [6, 6.07) is 7.22. The maximum absolute atomic E-state index is 12.0. The normalized spacial score (nSPS) is 17.7. The Hall–Kier alpha value is -2.48. The molecule has 0 spiro atoms. The van der Waals surface area contributed by atoms with Gasteiger partial charge in [0.2, 0.25) is 11.8 Å². The largest absolute Gasteiger partial charge is 0.497 e. The van der Waals surface area contributed by atoms with E-state index in [1.807, 2.05) is 12.1 Å². The molecule has 1 aromatic carbocycles. The number of amides is 2. The summed E-state index contributed by atoms with van der Waals surface area (Å²) in [7, 11) is 1.57. The summed E-state index contributed by atoms with van der Waals surface area (Å²) in [6.45, 7) is 0.547. The quantitative estimate of drug-likeness (QED) is 0.825. The first-order valence-corrected chi connectivity index (χ1v) is 6.31. The molecule has 104 valence electrons. The second kappa shape index (κ2) is 6.11. The van der Waals surface area contributed by atoms with Gasteiger partial charge in [-0.15, -0.1) is 6.42 Å². The molecule has 0 bridgehead atoms. The zero-order chi connectivity index (χ0) is 14.5. The van der Waals surface area contributed by atoms with E-state index in [4.69, 9.17) is 11.2 Å². The van der Waals surface area contributed by atoms with Crippen LogP contribution in [0.5, 0.6) is 5.75 Å². The van der Waals surface area contributed by atoms with E-state index >= 15 is 0 Å². The van der Waals surface area contributed by atoms with Crippen molar-refractivity contribution in [3.8, 4) is 18.1 Å². The monoisotopic (exact) mass is 272 g/mol. The van der Waals surface area contributed by atoms with E-state index in [9.17, 15) is 9.59 Å². The van der Waals surface area contributed by atoms with Gasteiger partial charge in [-0.1, -0.05) is 12.0 Å². The van der Waals surface area contributed by atoms with Crippen LogP contribution in [0.25, 0.3) is 0 Å². The van der Waals surface area contributed by atoms with Crippen LogP contribution in [0.3, 0.4) is 0 Å². The molecule has 1 atom stereocenters. The highest BCUT2D eigenvalue weighted by atomic mass is 16.5. The Morgan fingerprint density at radius 3 is 3.10 bits per heavy atom. The lowest BCUT2D eigenvalue weighted by atomic mass is 10.1. The first-order valence-electron chi connectivity index (χ1n) is 6.31. The first kappa shape index (κ1) is 13.9. The molecule has 1 aromatic rings. The molecule has 1 aliphatic heterocycles. The Balaban J connectivity index is 2.09. The van der Waals surface area contributed by atoms with E-state index in [2.05, 4.69) is 11.2 Å². The average molecular weight is 272 g/mol. The fourth-order valence-electron chi connectivity index (χ4n) is 2.19. The molecule has 5 heteroatoms. The van der Waals surface area contributed by atoms with E-state index in [-0.39, 0.29) is 30.7 Å². The average Bonchev–Trinajstić information content (AvgIpc) is 2.87. The number of hydrogen-bond donors (Lipinski definition) is 1. The van der Waals surface area contributed by atoms with Gasteiger partial charge in [0, 0.05) is 24.7 Å². The van der Waals surface area contributed by atoms with Crippen molar-refractivity contribution in [1.29, 1.82) is 0 Å². The molecule has 0 aliphatic carbocycles. The van der Waals surface area contributed by atoms with Gasteiger partial charge in [0.25, 0.3) is 0 Å². The molecule has 1 N–H and O–H groups in total. The van der Waals surface area contributed by atoms with Crippen LogP contribution < -0.4 is 15.0 Å². The van der Waals surface area contributed by atoms with Crippen molar-refractivity contribution < 1.29 is 14.3 Å². The number of carbonyl (C=O) groups is 2. The molecule has 0 radical (unpaired) electrons. The first-order chi connectivity index (χ1) is 9.65. The molecule has 0 aromatic heterocycles. The lowest BCUT2D eigenvalue weighted by molar-refractivity contribution is -0.126. The van der Waals surface area contributed by atoms with Crippen LogP contribution >= 0.6 is 0 Å². The van der Waals surface area contributed by atoms with Crippen LogP contribution in [-0.2, 0) is 9.59 Å². The third-order valence-electron chi connectivity index (χ3n) is 3.23. The highest BCUT2D eigenvalue weighted by Gasteiger charge is 2.34. The van der Waals surface area contributed by atoms with Gasteiger partial charge < -0.3 is 15.0 Å². The summed E-state index contributed by atoms with van der Waals surface area (Å²) < 4.78 is 5.14. The zero-order valence-corrected chi connectivity index (χ0v) is 11.3. The minimum Gasteiger partial charge on any atom is -0.497 e. The summed E-state index contributed by atoms with van der Waals surface area (Å²) in [5.74, 6) is 2.41. The third kappa shape index (κ3) is 2.91. The van der Waals surface area contributed by atoms with Crippen molar-refractivity contribution in [2.75, 3.05) is 25.1 Å². The van der Waals surface area contributed by atoms with Crippen LogP contribution in [0.2, 0.25) is 0 Å². The number of rotatable bonds is 4. The van der Waals surface area contributed by atoms with Gasteiger partial charge in [-0.25, -0.2) is 0 Å². The smallest absolute Gasteiger partial charge is 0.227 e. The van der Waals surface area contributed by atoms with Crippen LogP contribution in [0.1, 0.15) is 6.42 Å². The Kier molecular flexibility index (Phi) is 4.26. The number of terminal acetylenes is 1. The molecule has 2 rings (SSSR count). The van der Waals surface area contributed by atoms with E-state index in [0.29, 0.717) is 12.3 Å². The standard InChI is InChI=1S/C15H16N2O3/c1-3-7-16-15(19)11-8-14(18)17(10-11)12-5-4-6-13(9-12)20-2/h1,4-6,9,11H,7-8,10H2,2H3,(H,16,19). The van der Waals surface area contributed by atoms with Gasteiger partial charge in [-0.2, -0.15) is 0 Å². The predicted octanol–water partition coefficient (Wildman–Crippen LogP) is 0.797. The number of methoxy groups -OCH3 is 1. The number of ether oxygens (including phenoxy) is 1. The van der Waals surface area contributed by atoms with Crippen molar-refractivity contribution in [3.63, 3.8) is 0 Å². The van der Waals surface area contributed by atoms with E-state index < -0.39 is 0 Å². The summed E-state index contributed by atoms with van der Waals surface area (Å²) in [6.07, 6.45) is 5.30. The van der Waals surface area contributed by atoms with Crippen LogP contribution in [0.15, 0.2) is 24.3 Å². The Morgan fingerprint density at radius 1 is 1.60 bits per heavy atom. The Labute approximate surface area is 117 Å². The lowest BCUT2D eigenvalue weighted by Gasteiger charge is -2.17. The second-order valence-electron chi connectivity index (χ2n) is 4.53. The van der Waals surface area contributed by atoms with E-state index in [1.165, 1.54) is 0 Å². The maximum atomic E-state index is 12.0. The van der Waals surface area contributed by atoms with Crippen LogP contribution in [-0.4, -0.2) is 32.0 Å². The highest BCUT2D eigenvalue weighted by molar-refractivity contribution is 6.00. The zero-order valence-electron chi connectivity index (χ0n) is 11.3. The molecule has 1 saturated heterocycles. The molecular formula is C15H16N2O3. The molecule has 5 nitrogen and oxygen atoms in total. The topological polar surface area (TPSA) is 58.6 Å². The highest BCUT2D eigenvalue weighted by Crippen LogP contribution is 2.27. The molecule has 1 heterocycles. The Morgan fingerprint density at radius 2 is 2.40 bits per heavy atom. The van der Waals surface area contributed by atoms with Crippen molar-refractivity contribution in [2.24, 2.45) is 5.92 Å². The van der Waals surface area contributed by atoms with Gasteiger partial charge in [0.1, 0.15) is 5.75 Å². The second-order valence-corrected chi connectivity index (χ2v) is 4.53. The van der Waals surface area contributed by atoms with E-state index in [1.54, 1.807) is 24.1 Å². The molecule has 1 aliphatic rings. The molecular weight excluding hydrogens is 256 g/mol. The third-order valence-corrected chi connectivity index (χ3v) is 3.23. The Bertz CT molecular complexity index is 562. The predicted molar refractivity (Wildman–Crippen MR) is 75.3 cm³/mol. The number of anilines is 1. The number of nitrogens with one attached hydrogen (secondary N) is 1. The van der Waals surface area contributed by atoms with E-state index in [0.717, 1.165) is 5.69 Å². The van der Waals surface area contributed by atoms with Gasteiger partial charge in [0.05, 0.1) is 19.6 Å². The van der Waals surface area contributed by atoms with Crippen molar-refractivity contribution in [2.45, 2.75) is 6.42 Å². The molecule has 1 fully saturated rings. The molecule has 2 amide bonds. The minimum absolute atomic E-state index is 0.0703. The fourth-order valence-corrected chi connectivity index (χ4v) is 2.19. The van der Waals surface area contributed by atoms with Crippen LogP contribution in [0, 0.1) is 18.3 Å². The number of hydrogen-bond acceptors (Lipinski definition) is 3. The summed E-state index contributed by atoms with van der Waals surface area (Å²) in [4.78, 5) is 25.5. The van der Waals surface area contributed by atoms with Crippen molar-refractivity contribution >= 4 is 17.5 Å². The van der Waals surface area contributed by atoms with Crippen molar-refractivity contribution in [1.82, 2.24) is 5.32 Å². The van der Waals surface area contributed by atoms with Gasteiger partial charge in [-0.3, -0.25) is 9.59 Å². The fraction of sp³-hybridized carbons (Fsp3) is 0.333. The van der Waals surface area contributed by atoms with Gasteiger partial charge in [0.15, 0.2) is 0 Å². The summed E-state index contributed by atoms with van der Waals surface area (Å²) >= 11 is 0. The minimum atomic E-state index is -0.359. The summed E-state index contributed by atoms with van der Waals surface area (Å²) in [5.41, 5.74) is 0.738. The van der Waals surface area contributed by atoms with Gasteiger partial charge in [-0.05, 0) is 12.1 Å². The molecule has 20 heavy (non-hydrogen) atoms. The molecule has 0 saturated carbocycles. The van der Waals surface area contributed by atoms with Crippen LogP contribution in [0.4, 0.5) is 5.69 Å². The SMILES string of the molecule is C#CCNC(=O)C1CC(=O)N(c2cccc(OC)c2)C1. The number of nitrogens with zero attached hydrogens (tertiary/aromatic N) is 1.